The van der Waals surface area contributed by atoms with E-state index in [1.165, 1.54) is 6.33 Å². The maximum atomic E-state index is 12.9. The average Bonchev–Trinajstić information content (AvgIpc) is 2.96. The van der Waals surface area contributed by atoms with Crippen molar-refractivity contribution in [2.24, 2.45) is 5.92 Å². The molecule has 2 aromatic heterocycles. The Morgan fingerprint density at radius 3 is 2.32 bits per heavy atom. The van der Waals surface area contributed by atoms with Gasteiger partial charge < -0.3 is 24.1 Å². The van der Waals surface area contributed by atoms with Crippen LogP contribution < -0.4 is 5.73 Å². The number of hydrogen-bond acceptors (Lipinski definition) is 8. The van der Waals surface area contributed by atoms with Crippen molar-refractivity contribution in [2.75, 3.05) is 12.1 Å². The summed E-state index contributed by atoms with van der Waals surface area (Å²) in [7, 11) is -3.29. The van der Waals surface area contributed by atoms with Crippen LogP contribution in [0.4, 0.5) is 5.82 Å². The zero-order chi connectivity index (χ0) is 20.9. The van der Waals surface area contributed by atoms with E-state index in [-0.39, 0.29) is 30.6 Å². The summed E-state index contributed by atoms with van der Waals surface area (Å²) in [5.41, 5.74) is 7.16. The number of imidazole rings is 1. The van der Waals surface area contributed by atoms with Crippen molar-refractivity contribution < 1.29 is 18.3 Å². The summed E-state index contributed by atoms with van der Waals surface area (Å²) >= 11 is 0. The van der Waals surface area contributed by atoms with Gasteiger partial charge in [0.1, 0.15) is 18.2 Å². The van der Waals surface area contributed by atoms with Crippen LogP contribution in [0.1, 0.15) is 48.0 Å². The molecule has 0 saturated carbocycles. The monoisotopic (exact) mass is 413 g/mol. The predicted octanol–water partition coefficient (Wildman–Crippen LogP) is 3.84. The van der Waals surface area contributed by atoms with Gasteiger partial charge in [-0.05, 0) is 47.0 Å². The molecule has 9 nitrogen and oxygen atoms in total. The maximum Gasteiger partial charge on any atom is 0.356 e. The molecule has 0 amide bonds. The van der Waals surface area contributed by atoms with Gasteiger partial charge in [-0.25, -0.2) is 15.0 Å². The highest BCUT2D eigenvalue weighted by atomic mass is 31.2. The van der Waals surface area contributed by atoms with Crippen molar-refractivity contribution in [1.29, 1.82) is 0 Å². The summed E-state index contributed by atoms with van der Waals surface area (Å²) in [5, 5.41) is 0. The van der Waals surface area contributed by atoms with Gasteiger partial charge in [-0.3, -0.25) is 4.57 Å². The van der Waals surface area contributed by atoms with Gasteiger partial charge in [0.2, 0.25) is 0 Å². The number of ether oxygens (including phenoxy) is 1. The van der Waals surface area contributed by atoms with Crippen molar-refractivity contribution in [2.45, 2.75) is 72.8 Å². The second kappa shape index (κ2) is 9.78. The molecule has 28 heavy (non-hydrogen) atoms. The van der Waals surface area contributed by atoms with E-state index >= 15 is 0 Å². The Hall–Kier alpha value is -1.54. The third-order valence-corrected chi connectivity index (χ3v) is 5.88. The largest absolute Gasteiger partial charge is 0.382 e. The molecule has 2 N–H and O–H groups in total. The second-order valence-electron chi connectivity index (χ2n) is 7.69. The average molecular weight is 413 g/mol. The second-order valence-corrected chi connectivity index (χ2v) is 9.60. The molecule has 2 aromatic rings. The van der Waals surface area contributed by atoms with E-state index in [1.54, 1.807) is 6.33 Å². The zero-order valence-corrected chi connectivity index (χ0v) is 18.4. The van der Waals surface area contributed by atoms with Crippen LogP contribution in [0.3, 0.4) is 0 Å². The number of nitrogen functional groups attached to an aromatic ring is 1. The summed E-state index contributed by atoms with van der Waals surface area (Å²) in [4.78, 5) is 12.5. The molecule has 0 aliphatic carbocycles. The van der Waals surface area contributed by atoms with E-state index in [0.29, 0.717) is 23.5 Å². The molecule has 0 spiro atoms. The van der Waals surface area contributed by atoms with Gasteiger partial charge >= 0.3 is 7.60 Å². The smallest absolute Gasteiger partial charge is 0.356 e. The van der Waals surface area contributed by atoms with Crippen LogP contribution in [-0.2, 0) is 24.9 Å². The molecule has 0 aliphatic rings. The van der Waals surface area contributed by atoms with Crippen LogP contribution in [0.5, 0.6) is 0 Å². The van der Waals surface area contributed by atoms with Gasteiger partial charge in [0.15, 0.2) is 11.5 Å². The molecule has 0 aliphatic heterocycles. The van der Waals surface area contributed by atoms with Crippen LogP contribution in [0.2, 0.25) is 0 Å². The van der Waals surface area contributed by atoms with Crippen molar-refractivity contribution in [1.82, 2.24) is 19.5 Å². The minimum Gasteiger partial charge on any atom is -0.382 e. The number of fused-ring (bicyclic) bond motifs is 1. The fraction of sp³-hybridized carbons (Fsp3) is 0.722. The van der Waals surface area contributed by atoms with E-state index in [4.69, 9.17) is 19.5 Å². The van der Waals surface area contributed by atoms with Crippen molar-refractivity contribution in [3.63, 3.8) is 0 Å². The van der Waals surface area contributed by atoms with E-state index in [2.05, 4.69) is 21.9 Å². The molecule has 2 atom stereocenters. The highest BCUT2D eigenvalue weighted by Crippen LogP contribution is 2.50. The Kier molecular flexibility index (Phi) is 7.95. The van der Waals surface area contributed by atoms with Gasteiger partial charge in [-0.1, -0.05) is 6.92 Å². The molecule has 0 bridgehead atoms. The molecule has 0 aromatic carbocycles. The number of nitrogens with two attached hydrogens (primary N) is 1. The number of aromatic nitrogens is 4. The molecule has 1 unspecified atom stereocenters. The Bertz CT molecular complexity index is 796. The highest BCUT2D eigenvalue weighted by Gasteiger charge is 2.29. The fourth-order valence-electron chi connectivity index (χ4n) is 3.02. The molecular formula is C18H32N5O4P. The number of hydrogen-bond donors (Lipinski definition) is 1. The van der Waals surface area contributed by atoms with E-state index in [9.17, 15) is 4.57 Å². The Morgan fingerprint density at radius 2 is 1.71 bits per heavy atom. The molecule has 0 saturated heterocycles. The number of anilines is 1. The van der Waals surface area contributed by atoms with Crippen LogP contribution in [0.15, 0.2) is 12.7 Å². The zero-order valence-electron chi connectivity index (χ0n) is 17.5. The lowest BCUT2D eigenvalue weighted by Crippen LogP contribution is -2.19. The Labute approximate surface area is 166 Å². The first-order valence-corrected chi connectivity index (χ1v) is 11.3. The van der Waals surface area contributed by atoms with Crippen molar-refractivity contribution in [3.05, 3.63) is 12.7 Å². The molecule has 10 heteroatoms. The molecular weight excluding hydrogens is 381 g/mol. The fourth-order valence-corrected chi connectivity index (χ4v) is 4.92. The van der Waals surface area contributed by atoms with E-state index in [0.717, 1.165) is 6.42 Å². The maximum absolute atomic E-state index is 12.9. The lowest BCUT2D eigenvalue weighted by Gasteiger charge is -2.25. The normalized spacial score (nSPS) is 14.9. The summed E-state index contributed by atoms with van der Waals surface area (Å²) in [5.74, 6) is 0.652. The minimum atomic E-state index is -3.29. The van der Waals surface area contributed by atoms with Crippen LogP contribution in [-0.4, -0.2) is 44.2 Å². The molecule has 0 radical (unpaired) electrons. The topological polar surface area (TPSA) is 114 Å². The lowest BCUT2D eigenvalue weighted by molar-refractivity contribution is 0.0501. The van der Waals surface area contributed by atoms with Gasteiger partial charge in [0.25, 0.3) is 0 Å². The third kappa shape index (κ3) is 6.51. The van der Waals surface area contributed by atoms with Gasteiger partial charge in [-0.2, -0.15) is 0 Å². The van der Waals surface area contributed by atoms with Crippen LogP contribution >= 0.6 is 7.60 Å². The quantitative estimate of drug-likeness (QED) is 0.553. The van der Waals surface area contributed by atoms with Crippen molar-refractivity contribution >= 4 is 24.6 Å². The van der Waals surface area contributed by atoms with Crippen molar-refractivity contribution in [3.8, 4) is 0 Å². The summed E-state index contributed by atoms with van der Waals surface area (Å²) in [6, 6.07) is 0. The third-order valence-electron chi connectivity index (χ3n) is 3.93. The Morgan fingerprint density at radius 1 is 1.07 bits per heavy atom. The number of nitrogens with zero attached hydrogens (tertiary/aromatic N) is 4. The number of rotatable bonds is 11. The molecule has 158 valence electrons. The first-order chi connectivity index (χ1) is 13.1. The van der Waals surface area contributed by atoms with Crippen LogP contribution in [0.25, 0.3) is 11.2 Å². The molecule has 2 rings (SSSR count). The van der Waals surface area contributed by atoms with Gasteiger partial charge in [0.05, 0.1) is 24.6 Å². The standard InChI is InChI=1S/C18H32N5O4P/c1-12(2)26-28(24,27-13(3)4)11-25-15(6)7-14(5)8-23-10-22-16-17(19)20-9-21-18(16)23/h9-10,12-15H,7-8,11H2,1-6H3,(H2,19,20,21)/t14?,15-/m0/s1. The summed E-state index contributed by atoms with van der Waals surface area (Å²) in [6.45, 7) is 12.1. The Balaban J connectivity index is 1.91. The van der Waals surface area contributed by atoms with Gasteiger partial charge in [-0.15, -0.1) is 0 Å². The van der Waals surface area contributed by atoms with E-state index in [1.807, 2.05) is 39.2 Å². The minimum absolute atomic E-state index is 0.0605. The summed E-state index contributed by atoms with van der Waals surface area (Å²) in [6.07, 6.45) is 3.35. The predicted molar refractivity (Wildman–Crippen MR) is 109 cm³/mol. The van der Waals surface area contributed by atoms with E-state index < -0.39 is 7.60 Å². The first kappa shape index (κ1) is 22.7. The lowest BCUT2D eigenvalue weighted by atomic mass is 10.0. The molecule has 2 heterocycles. The first-order valence-electron chi connectivity index (χ1n) is 9.58. The van der Waals surface area contributed by atoms with Crippen LogP contribution in [0, 0.1) is 5.92 Å². The summed E-state index contributed by atoms with van der Waals surface area (Å²) < 4.78 is 31.7. The SMILES string of the molecule is CC(C[C@H](C)OCP(=O)(OC(C)C)OC(C)C)Cn1cnc2c(N)ncnc21. The van der Waals surface area contributed by atoms with Gasteiger partial charge in [0, 0.05) is 6.54 Å². The molecule has 0 fully saturated rings. The highest BCUT2D eigenvalue weighted by molar-refractivity contribution is 7.53.